The summed E-state index contributed by atoms with van der Waals surface area (Å²) in [6, 6.07) is 4.21. The van der Waals surface area contributed by atoms with Crippen LogP contribution in [0.4, 0.5) is 23.7 Å². The van der Waals surface area contributed by atoms with Gasteiger partial charge in [0.05, 0.1) is 12.1 Å². The normalized spacial score (nSPS) is 18.3. The van der Waals surface area contributed by atoms with Crippen LogP contribution in [0.25, 0.3) is 0 Å². The summed E-state index contributed by atoms with van der Waals surface area (Å²) in [6.45, 7) is 0.423. The average Bonchev–Trinajstić information content (AvgIpc) is 2.75. The number of cyclic esters (lactones) is 1. The molecule has 8 heteroatoms. The quantitative estimate of drug-likeness (QED) is 0.929. The number of ether oxygens (including phenoxy) is 1. The first-order valence-electron chi connectivity index (χ1n) is 6.64. The SMILES string of the molecule is CN1CC(CCC(=O)Nc2ccc(C(F)(F)F)cc2)OC1=O. The van der Waals surface area contributed by atoms with Gasteiger partial charge in [0.2, 0.25) is 5.91 Å². The van der Waals surface area contributed by atoms with Crippen LogP contribution in [0.2, 0.25) is 0 Å². The largest absolute Gasteiger partial charge is 0.444 e. The van der Waals surface area contributed by atoms with Gasteiger partial charge in [0.25, 0.3) is 0 Å². The number of alkyl halides is 3. The molecule has 1 saturated heterocycles. The Morgan fingerprint density at radius 1 is 1.36 bits per heavy atom. The van der Waals surface area contributed by atoms with E-state index in [1.807, 2.05) is 0 Å². The van der Waals surface area contributed by atoms with E-state index < -0.39 is 17.8 Å². The molecular formula is C14H15F3N2O3. The second-order valence-corrected chi connectivity index (χ2v) is 5.05. The van der Waals surface area contributed by atoms with E-state index in [0.717, 1.165) is 12.1 Å². The number of rotatable bonds is 4. The van der Waals surface area contributed by atoms with Gasteiger partial charge in [0.15, 0.2) is 0 Å². The van der Waals surface area contributed by atoms with Crippen molar-refractivity contribution in [2.24, 2.45) is 0 Å². The molecule has 120 valence electrons. The van der Waals surface area contributed by atoms with Crippen LogP contribution in [0.5, 0.6) is 0 Å². The van der Waals surface area contributed by atoms with E-state index >= 15 is 0 Å². The number of halogens is 3. The third-order valence-electron chi connectivity index (χ3n) is 3.25. The Kier molecular flexibility index (Phi) is 4.58. The molecule has 1 unspecified atom stereocenters. The van der Waals surface area contributed by atoms with E-state index in [-0.39, 0.29) is 18.4 Å². The van der Waals surface area contributed by atoms with E-state index in [2.05, 4.69) is 5.32 Å². The van der Waals surface area contributed by atoms with E-state index in [9.17, 15) is 22.8 Å². The van der Waals surface area contributed by atoms with Crippen molar-refractivity contribution >= 4 is 17.7 Å². The number of hydrogen-bond acceptors (Lipinski definition) is 3. The van der Waals surface area contributed by atoms with E-state index in [0.29, 0.717) is 18.7 Å². The summed E-state index contributed by atoms with van der Waals surface area (Å²) in [5, 5.41) is 2.51. The van der Waals surface area contributed by atoms with E-state index in [1.165, 1.54) is 17.0 Å². The van der Waals surface area contributed by atoms with Crippen LogP contribution in [0.1, 0.15) is 18.4 Å². The molecule has 1 aromatic rings. The first-order valence-corrected chi connectivity index (χ1v) is 6.64. The lowest BCUT2D eigenvalue weighted by molar-refractivity contribution is -0.137. The van der Waals surface area contributed by atoms with Gasteiger partial charge >= 0.3 is 12.3 Å². The summed E-state index contributed by atoms with van der Waals surface area (Å²) in [7, 11) is 1.60. The zero-order chi connectivity index (χ0) is 16.3. The Morgan fingerprint density at radius 3 is 2.50 bits per heavy atom. The molecule has 1 aromatic carbocycles. The van der Waals surface area contributed by atoms with Crippen molar-refractivity contribution in [2.45, 2.75) is 25.1 Å². The minimum absolute atomic E-state index is 0.118. The summed E-state index contributed by atoms with van der Waals surface area (Å²) in [6.07, 6.45) is -4.68. The maximum absolute atomic E-state index is 12.4. The molecule has 1 atom stereocenters. The fourth-order valence-electron chi connectivity index (χ4n) is 2.06. The monoisotopic (exact) mass is 316 g/mol. The maximum atomic E-state index is 12.4. The lowest BCUT2D eigenvalue weighted by Gasteiger charge is -2.10. The first kappa shape index (κ1) is 16.1. The minimum atomic E-state index is -4.40. The van der Waals surface area contributed by atoms with Crippen molar-refractivity contribution in [3.63, 3.8) is 0 Å². The van der Waals surface area contributed by atoms with Gasteiger partial charge in [0.1, 0.15) is 6.10 Å². The lowest BCUT2D eigenvalue weighted by Crippen LogP contribution is -2.20. The fourth-order valence-corrected chi connectivity index (χ4v) is 2.06. The number of benzene rings is 1. The van der Waals surface area contributed by atoms with Gasteiger partial charge in [-0.05, 0) is 30.7 Å². The van der Waals surface area contributed by atoms with Crippen LogP contribution in [0, 0.1) is 0 Å². The van der Waals surface area contributed by atoms with Gasteiger partial charge in [0, 0.05) is 19.2 Å². The molecule has 1 heterocycles. The lowest BCUT2D eigenvalue weighted by atomic mass is 10.1. The zero-order valence-corrected chi connectivity index (χ0v) is 11.8. The highest BCUT2D eigenvalue weighted by molar-refractivity contribution is 5.90. The molecule has 22 heavy (non-hydrogen) atoms. The zero-order valence-electron chi connectivity index (χ0n) is 11.8. The van der Waals surface area contributed by atoms with Crippen molar-refractivity contribution in [3.8, 4) is 0 Å². The topological polar surface area (TPSA) is 58.6 Å². The highest BCUT2D eigenvalue weighted by Gasteiger charge is 2.30. The fraction of sp³-hybridized carbons (Fsp3) is 0.429. The molecule has 2 amide bonds. The number of nitrogens with zero attached hydrogens (tertiary/aromatic N) is 1. The molecule has 1 fully saturated rings. The van der Waals surface area contributed by atoms with Crippen molar-refractivity contribution in [1.29, 1.82) is 0 Å². The van der Waals surface area contributed by atoms with Gasteiger partial charge in [-0.2, -0.15) is 13.2 Å². The maximum Gasteiger partial charge on any atom is 0.416 e. The Morgan fingerprint density at radius 2 is 2.00 bits per heavy atom. The minimum Gasteiger partial charge on any atom is -0.444 e. The Bertz CT molecular complexity index is 557. The van der Waals surface area contributed by atoms with E-state index in [4.69, 9.17) is 4.74 Å². The summed E-state index contributed by atoms with van der Waals surface area (Å²) < 4.78 is 42.2. The van der Waals surface area contributed by atoms with Crippen LogP contribution >= 0.6 is 0 Å². The second-order valence-electron chi connectivity index (χ2n) is 5.05. The number of hydrogen-bond donors (Lipinski definition) is 1. The molecule has 0 aliphatic carbocycles. The molecule has 5 nitrogen and oxygen atoms in total. The van der Waals surface area contributed by atoms with Crippen molar-refractivity contribution < 1.29 is 27.5 Å². The molecule has 0 saturated carbocycles. The molecule has 0 aromatic heterocycles. The van der Waals surface area contributed by atoms with Gasteiger partial charge < -0.3 is 15.0 Å². The molecule has 1 aliphatic rings. The molecule has 0 radical (unpaired) electrons. The summed E-state index contributed by atoms with van der Waals surface area (Å²) >= 11 is 0. The third kappa shape index (κ3) is 4.12. The molecule has 2 rings (SSSR count). The van der Waals surface area contributed by atoms with Gasteiger partial charge in [-0.15, -0.1) is 0 Å². The van der Waals surface area contributed by atoms with Crippen LogP contribution in [0.15, 0.2) is 24.3 Å². The summed E-state index contributed by atoms with van der Waals surface area (Å²) in [4.78, 5) is 24.3. The van der Waals surface area contributed by atoms with Gasteiger partial charge in [-0.1, -0.05) is 0 Å². The average molecular weight is 316 g/mol. The molecule has 1 N–H and O–H groups in total. The number of amides is 2. The Labute approximate surface area is 125 Å². The molecule has 1 aliphatic heterocycles. The van der Waals surface area contributed by atoms with Gasteiger partial charge in [-0.3, -0.25) is 4.79 Å². The van der Waals surface area contributed by atoms with Crippen LogP contribution < -0.4 is 5.32 Å². The van der Waals surface area contributed by atoms with E-state index in [1.54, 1.807) is 7.05 Å². The van der Waals surface area contributed by atoms with Crippen LogP contribution in [0.3, 0.4) is 0 Å². The highest BCUT2D eigenvalue weighted by atomic mass is 19.4. The number of nitrogens with one attached hydrogen (secondary N) is 1. The second kappa shape index (κ2) is 6.25. The van der Waals surface area contributed by atoms with Gasteiger partial charge in [-0.25, -0.2) is 4.79 Å². The number of carbonyl (C=O) groups is 2. The molecule has 0 bridgehead atoms. The van der Waals surface area contributed by atoms with Crippen molar-refractivity contribution in [1.82, 2.24) is 4.90 Å². The number of anilines is 1. The smallest absolute Gasteiger partial charge is 0.416 e. The van der Waals surface area contributed by atoms with Crippen molar-refractivity contribution in [3.05, 3.63) is 29.8 Å². The first-order chi connectivity index (χ1) is 10.3. The summed E-state index contributed by atoms with van der Waals surface area (Å²) in [5.41, 5.74) is -0.482. The van der Waals surface area contributed by atoms with Crippen LogP contribution in [-0.2, 0) is 15.7 Å². The predicted molar refractivity (Wildman–Crippen MR) is 72.2 cm³/mol. The Balaban J connectivity index is 1.81. The number of likely N-dealkylation sites (N-methyl/N-ethyl adjacent to an activating group) is 1. The van der Waals surface area contributed by atoms with Crippen molar-refractivity contribution in [2.75, 3.05) is 18.9 Å². The molecular weight excluding hydrogens is 301 g/mol. The Hall–Kier alpha value is -2.25. The highest BCUT2D eigenvalue weighted by Crippen LogP contribution is 2.29. The standard InChI is InChI=1S/C14H15F3N2O3/c1-19-8-11(22-13(19)21)6-7-12(20)18-10-4-2-9(3-5-10)14(15,16)17/h2-5,11H,6-8H2,1H3,(H,18,20). The number of carbonyl (C=O) groups excluding carboxylic acids is 2. The van der Waals surface area contributed by atoms with Crippen LogP contribution in [-0.4, -0.2) is 36.6 Å². The molecule has 0 spiro atoms. The summed E-state index contributed by atoms with van der Waals surface area (Å²) in [5.74, 6) is -0.342. The predicted octanol–water partition coefficient (Wildman–Crippen LogP) is 2.87. The third-order valence-corrected chi connectivity index (χ3v) is 3.25.